The molecule has 0 spiro atoms. The summed E-state index contributed by atoms with van der Waals surface area (Å²) in [7, 11) is 2.10. The van der Waals surface area contributed by atoms with E-state index < -0.39 is 0 Å². The third-order valence-corrected chi connectivity index (χ3v) is 3.69. The molecule has 1 aliphatic heterocycles. The van der Waals surface area contributed by atoms with E-state index in [1.54, 1.807) is 0 Å². The molecule has 3 heteroatoms. The van der Waals surface area contributed by atoms with Gasteiger partial charge in [0.25, 0.3) is 0 Å². The number of aliphatic hydroxyl groups excluding tert-OH is 1. The topological polar surface area (TPSA) is 32.7 Å². The highest BCUT2D eigenvalue weighted by Crippen LogP contribution is 2.21. The molecule has 0 aliphatic carbocycles. The molecular weight excluding hydrogens is 226 g/mol. The minimum atomic E-state index is 0.113. The molecule has 0 aromatic heterocycles. The Morgan fingerprint density at radius 1 is 1.39 bits per heavy atom. The maximum Gasteiger partial charge on any atom is 0.0749 e. The van der Waals surface area contributed by atoms with E-state index in [1.165, 1.54) is 18.5 Å². The summed E-state index contributed by atoms with van der Waals surface area (Å²) in [5.74, 6) is 0. The first kappa shape index (κ1) is 13.4. The van der Waals surface area contributed by atoms with Crippen molar-refractivity contribution in [1.82, 2.24) is 0 Å². The Morgan fingerprint density at radius 2 is 2.22 bits per heavy atom. The van der Waals surface area contributed by atoms with Crippen LogP contribution in [0.15, 0.2) is 18.2 Å². The number of hydrogen-bond acceptors (Lipinski definition) is 3. The predicted molar refractivity (Wildman–Crippen MR) is 74.0 cm³/mol. The van der Waals surface area contributed by atoms with E-state index in [2.05, 4.69) is 24.1 Å². The monoisotopic (exact) mass is 249 g/mol. The fourth-order valence-corrected chi connectivity index (χ4v) is 2.46. The number of aryl methyl sites for hydroxylation is 1. The van der Waals surface area contributed by atoms with Crippen LogP contribution in [0.4, 0.5) is 5.69 Å². The van der Waals surface area contributed by atoms with E-state index in [1.807, 2.05) is 13.0 Å². The highest BCUT2D eigenvalue weighted by molar-refractivity contribution is 5.50. The molecule has 1 fully saturated rings. The van der Waals surface area contributed by atoms with Gasteiger partial charge < -0.3 is 14.7 Å². The zero-order valence-corrected chi connectivity index (χ0v) is 11.4. The Kier molecular flexibility index (Phi) is 4.61. The molecule has 18 heavy (non-hydrogen) atoms. The molecule has 1 N–H and O–H groups in total. The van der Waals surface area contributed by atoms with E-state index >= 15 is 0 Å². The van der Waals surface area contributed by atoms with Gasteiger partial charge >= 0.3 is 0 Å². The number of anilines is 1. The summed E-state index contributed by atoms with van der Waals surface area (Å²) in [6.45, 7) is 4.00. The number of aliphatic hydroxyl groups is 1. The van der Waals surface area contributed by atoms with E-state index in [4.69, 9.17) is 4.74 Å². The Hall–Kier alpha value is -1.06. The van der Waals surface area contributed by atoms with Crippen LogP contribution in [0.25, 0.3) is 0 Å². The van der Waals surface area contributed by atoms with Gasteiger partial charge in [0, 0.05) is 25.9 Å². The van der Waals surface area contributed by atoms with Gasteiger partial charge in [-0.25, -0.2) is 0 Å². The lowest BCUT2D eigenvalue weighted by Crippen LogP contribution is -2.33. The molecule has 100 valence electrons. The summed E-state index contributed by atoms with van der Waals surface area (Å²) in [5.41, 5.74) is 3.34. The first-order valence-corrected chi connectivity index (χ1v) is 6.74. The van der Waals surface area contributed by atoms with Crippen molar-refractivity contribution in [3.8, 4) is 0 Å². The normalized spacial score (nSPS) is 19.8. The van der Waals surface area contributed by atoms with Crippen molar-refractivity contribution in [2.45, 2.75) is 38.9 Å². The van der Waals surface area contributed by atoms with Gasteiger partial charge in [-0.1, -0.05) is 6.07 Å². The van der Waals surface area contributed by atoms with Crippen LogP contribution in [0.5, 0.6) is 0 Å². The van der Waals surface area contributed by atoms with Crippen LogP contribution in [0, 0.1) is 6.92 Å². The van der Waals surface area contributed by atoms with Crippen molar-refractivity contribution in [1.29, 1.82) is 0 Å². The van der Waals surface area contributed by atoms with E-state index in [0.717, 1.165) is 30.7 Å². The zero-order chi connectivity index (χ0) is 13.0. The molecule has 1 aromatic rings. The Balaban J connectivity index is 1.99. The lowest BCUT2D eigenvalue weighted by molar-refractivity contribution is 0.0216. The highest BCUT2D eigenvalue weighted by atomic mass is 16.5. The van der Waals surface area contributed by atoms with Crippen LogP contribution in [-0.2, 0) is 11.3 Å². The molecule has 1 aromatic carbocycles. The molecule has 1 atom stereocenters. The second kappa shape index (κ2) is 6.21. The van der Waals surface area contributed by atoms with Gasteiger partial charge in [-0.15, -0.1) is 0 Å². The van der Waals surface area contributed by atoms with Crippen LogP contribution in [-0.4, -0.2) is 31.4 Å². The number of rotatable bonds is 4. The van der Waals surface area contributed by atoms with Gasteiger partial charge in [-0.3, -0.25) is 0 Å². The van der Waals surface area contributed by atoms with Crippen molar-refractivity contribution in [3.05, 3.63) is 29.3 Å². The summed E-state index contributed by atoms with van der Waals surface area (Å²) < 4.78 is 5.76. The Bertz CT molecular complexity index is 386. The molecule has 0 amide bonds. The molecule has 2 rings (SSSR count). The van der Waals surface area contributed by atoms with Crippen molar-refractivity contribution < 1.29 is 9.84 Å². The number of likely N-dealkylation sites (N-methyl/N-ethyl adjacent to an activating group) is 1. The van der Waals surface area contributed by atoms with Crippen LogP contribution in [0.3, 0.4) is 0 Å². The minimum Gasteiger partial charge on any atom is -0.392 e. The molecule has 1 aliphatic rings. The van der Waals surface area contributed by atoms with Gasteiger partial charge in [0.15, 0.2) is 0 Å². The first-order valence-electron chi connectivity index (χ1n) is 6.74. The Labute approximate surface area is 109 Å². The van der Waals surface area contributed by atoms with Gasteiger partial charge in [-0.2, -0.15) is 0 Å². The second-order valence-electron chi connectivity index (χ2n) is 5.14. The van der Waals surface area contributed by atoms with E-state index in [0.29, 0.717) is 6.10 Å². The molecule has 1 saturated heterocycles. The van der Waals surface area contributed by atoms with E-state index in [-0.39, 0.29) is 6.61 Å². The van der Waals surface area contributed by atoms with Crippen molar-refractivity contribution in [3.63, 3.8) is 0 Å². The van der Waals surface area contributed by atoms with Gasteiger partial charge in [-0.05, 0) is 49.4 Å². The van der Waals surface area contributed by atoms with Crippen LogP contribution in [0.2, 0.25) is 0 Å². The van der Waals surface area contributed by atoms with Crippen molar-refractivity contribution in [2.75, 3.05) is 25.1 Å². The largest absolute Gasteiger partial charge is 0.392 e. The summed E-state index contributed by atoms with van der Waals surface area (Å²) in [6, 6.07) is 6.21. The average molecular weight is 249 g/mol. The number of hydrogen-bond donors (Lipinski definition) is 1. The number of ether oxygens (including phenoxy) is 1. The maximum atomic E-state index is 9.18. The molecule has 0 bridgehead atoms. The highest BCUT2D eigenvalue weighted by Gasteiger charge is 2.16. The maximum absolute atomic E-state index is 9.18. The molecule has 3 nitrogen and oxygen atoms in total. The summed E-state index contributed by atoms with van der Waals surface area (Å²) in [4.78, 5) is 2.24. The lowest BCUT2D eigenvalue weighted by Gasteiger charge is -2.29. The Morgan fingerprint density at radius 3 is 2.83 bits per heavy atom. The third-order valence-electron chi connectivity index (χ3n) is 3.69. The fourth-order valence-electron chi connectivity index (χ4n) is 2.46. The minimum absolute atomic E-state index is 0.113. The van der Waals surface area contributed by atoms with Gasteiger partial charge in [0.1, 0.15) is 0 Å². The van der Waals surface area contributed by atoms with Gasteiger partial charge in [0.2, 0.25) is 0 Å². The molecule has 0 saturated carbocycles. The summed E-state index contributed by atoms with van der Waals surface area (Å²) >= 11 is 0. The van der Waals surface area contributed by atoms with Gasteiger partial charge in [0.05, 0.1) is 12.7 Å². The quantitative estimate of drug-likeness (QED) is 0.890. The molecule has 1 heterocycles. The van der Waals surface area contributed by atoms with Crippen LogP contribution >= 0.6 is 0 Å². The van der Waals surface area contributed by atoms with Crippen molar-refractivity contribution >= 4 is 5.69 Å². The average Bonchev–Trinajstić information content (AvgIpc) is 2.39. The third kappa shape index (κ3) is 3.24. The summed E-state index contributed by atoms with van der Waals surface area (Å²) in [5, 5.41) is 9.18. The number of benzene rings is 1. The predicted octanol–water partition coefficient (Wildman–Crippen LogP) is 2.49. The lowest BCUT2D eigenvalue weighted by atomic mass is 10.1. The van der Waals surface area contributed by atoms with Crippen LogP contribution in [0.1, 0.15) is 30.4 Å². The summed E-state index contributed by atoms with van der Waals surface area (Å²) in [6.07, 6.45) is 4.00. The first-order chi connectivity index (χ1) is 8.70. The smallest absolute Gasteiger partial charge is 0.0749 e. The second-order valence-corrected chi connectivity index (χ2v) is 5.14. The van der Waals surface area contributed by atoms with Crippen LogP contribution < -0.4 is 4.90 Å². The molecule has 0 radical (unpaired) electrons. The number of nitrogens with zero attached hydrogens (tertiary/aromatic N) is 1. The SMILES string of the molecule is Cc1cc(N(C)CC2CCCCO2)ccc1CO. The molecule has 1 unspecified atom stereocenters. The fraction of sp³-hybridized carbons (Fsp3) is 0.600. The van der Waals surface area contributed by atoms with Crippen molar-refractivity contribution in [2.24, 2.45) is 0 Å². The molecular formula is C15H23NO2. The zero-order valence-electron chi connectivity index (χ0n) is 11.4. The van der Waals surface area contributed by atoms with E-state index in [9.17, 15) is 5.11 Å². The standard InChI is InChI=1S/C15H23NO2/c1-12-9-14(7-6-13(12)11-17)16(2)10-15-5-3-4-8-18-15/h6-7,9,15,17H,3-5,8,10-11H2,1-2H3.